The molecule has 0 unspecified atom stereocenters. The van der Waals surface area contributed by atoms with E-state index in [1.54, 1.807) is 7.11 Å². The van der Waals surface area contributed by atoms with Gasteiger partial charge in [0.2, 0.25) is 0 Å². The van der Waals surface area contributed by atoms with Gasteiger partial charge < -0.3 is 9.64 Å². The molecule has 0 bridgehead atoms. The molecule has 0 radical (unpaired) electrons. The molecule has 90 valence electrons. The third-order valence-electron chi connectivity index (χ3n) is 2.23. The van der Waals surface area contributed by atoms with Gasteiger partial charge in [0.1, 0.15) is 4.88 Å². The quantitative estimate of drug-likeness (QED) is 0.837. The number of carbonyl (C=O) groups excluding carboxylic acids is 1. The molecule has 16 heavy (non-hydrogen) atoms. The lowest BCUT2D eigenvalue weighted by atomic mass is 10.3. The first-order valence-corrected chi connectivity index (χ1v) is 6.78. The number of nitrogens with zero attached hydrogens (tertiary/aromatic N) is 1. The van der Waals surface area contributed by atoms with Crippen LogP contribution in [0, 0.1) is 0 Å². The van der Waals surface area contributed by atoms with E-state index in [0.717, 1.165) is 9.35 Å². The van der Waals surface area contributed by atoms with E-state index >= 15 is 0 Å². The first-order valence-electron chi connectivity index (χ1n) is 5.10. The van der Waals surface area contributed by atoms with Crippen LogP contribution in [0.5, 0.6) is 0 Å². The van der Waals surface area contributed by atoms with E-state index in [2.05, 4.69) is 15.9 Å². The fraction of sp³-hybridized carbons (Fsp3) is 0.545. The number of ether oxygens (including phenoxy) is 1. The lowest BCUT2D eigenvalue weighted by Gasteiger charge is -2.26. The molecule has 0 saturated heterocycles. The summed E-state index contributed by atoms with van der Waals surface area (Å²) in [5.74, 6) is 0.0638. The van der Waals surface area contributed by atoms with Crippen molar-refractivity contribution < 1.29 is 9.53 Å². The van der Waals surface area contributed by atoms with Crippen LogP contribution in [0.15, 0.2) is 15.9 Å². The van der Waals surface area contributed by atoms with E-state index in [9.17, 15) is 4.79 Å². The highest BCUT2D eigenvalue weighted by atomic mass is 79.9. The van der Waals surface area contributed by atoms with Gasteiger partial charge in [-0.1, -0.05) is 0 Å². The molecular formula is C11H16BrNO2S. The molecule has 0 saturated carbocycles. The maximum absolute atomic E-state index is 12.2. The van der Waals surface area contributed by atoms with Gasteiger partial charge in [-0.15, -0.1) is 11.3 Å². The predicted molar refractivity (Wildman–Crippen MR) is 70.1 cm³/mol. The lowest BCUT2D eigenvalue weighted by molar-refractivity contribution is 0.0639. The Kier molecular flexibility index (Phi) is 5.44. The molecule has 0 aliphatic heterocycles. The second-order valence-electron chi connectivity index (χ2n) is 3.68. The van der Waals surface area contributed by atoms with Gasteiger partial charge in [0.15, 0.2) is 0 Å². The molecule has 0 aromatic carbocycles. The predicted octanol–water partition coefficient (Wildman–Crippen LogP) is 3.01. The molecule has 1 amide bonds. The van der Waals surface area contributed by atoms with Crippen molar-refractivity contribution in [3.63, 3.8) is 0 Å². The van der Waals surface area contributed by atoms with Gasteiger partial charge in [-0.3, -0.25) is 4.79 Å². The average Bonchev–Trinajstić information content (AvgIpc) is 2.64. The second-order valence-corrected chi connectivity index (χ2v) is 5.45. The Hall–Kier alpha value is -0.390. The van der Waals surface area contributed by atoms with Crippen molar-refractivity contribution in [3.8, 4) is 0 Å². The SMILES string of the molecule is COCCN(C(=O)c1sccc1Br)C(C)C. The lowest BCUT2D eigenvalue weighted by Crippen LogP contribution is -2.39. The second kappa shape index (κ2) is 6.37. The Balaban J connectivity index is 2.79. The summed E-state index contributed by atoms with van der Waals surface area (Å²) in [7, 11) is 1.64. The Morgan fingerprint density at radius 3 is 2.75 bits per heavy atom. The van der Waals surface area contributed by atoms with Gasteiger partial charge in [0.05, 0.1) is 6.61 Å². The summed E-state index contributed by atoms with van der Waals surface area (Å²) < 4.78 is 5.88. The summed E-state index contributed by atoms with van der Waals surface area (Å²) in [5, 5.41) is 1.91. The van der Waals surface area contributed by atoms with Crippen LogP contribution in [0.1, 0.15) is 23.5 Å². The van der Waals surface area contributed by atoms with E-state index in [0.29, 0.717) is 13.2 Å². The van der Waals surface area contributed by atoms with Gasteiger partial charge in [-0.25, -0.2) is 0 Å². The first kappa shape index (κ1) is 13.7. The van der Waals surface area contributed by atoms with Gasteiger partial charge in [0.25, 0.3) is 5.91 Å². The molecule has 0 atom stereocenters. The number of rotatable bonds is 5. The van der Waals surface area contributed by atoms with Crippen molar-refractivity contribution in [1.82, 2.24) is 4.90 Å². The number of hydrogen-bond donors (Lipinski definition) is 0. The summed E-state index contributed by atoms with van der Waals surface area (Å²) in [6, 6.07) is 2.07. The molecule has 1 rings (SSSR count). The Morgan fingerprint density at radius 1 is 1.62 bits per heavy atom. The number of amides is 1. The topological polar surface area (TPSA) is 29.5 Å². The zero-order valence-electron chi connectivity index (χ0n) is 9.70. The molecule has 1 heterocycles. The van der Waals surface area contributed by atoms with E-state index < -0.39 is 0 Å². The molecule has 0 aliphatic rings. The number of halogens is 1. The zero-order chi connectivity index (χ0) is 12.1. The summed E-state index contributed by atoms with van der Waals surface area (Å²) in [5.41, 5.74) is 0. The highest BCUT2D eigenvalue weighted by Gasteiger charge is 2.21. The third-order valence-corrected chi connectivity index (χ3v) is 4.06. The van der Waals surface area contributed by atoms with Crippen molar-refractivity contribution in [2.24, 2.45) is 0 Å². The third kappa shape index (κ3) is 3.30. The highest BCUT2D eigenvalue weighted by molar-refractivity contribution is 9.10. The van der Waals surface area contributed by atoms with E-state index in [-0.39, 0.29) is 11.9 Å². The maximum Gasteiger partial charge on any atom is 0.265 e. The highest BCUT2D eigenvalue weighted by Crippen LogP contribution is 2.24. The molecule has 3 nitrogen and oxygen atoms in total. The van der Waals surface area contributed by atoms with Gasteiger partial charge in [-0.2, -0.15) is 0 Å². The molecule has 0 fully saturated rings. The molecule has 5 heteroatoms. The Bertz CT molecular complexity index is 352. The number of carbonyl (C=O) groups is 1. The fourth-order valence-corrected chi connectivity index (χ4v) is 2.86. The minimum Gasteiger partial charge on any atom is -0.383 e. The molecule has 0 aliphatic carbocycles. The Labute approximate surface area is 109 Å². The molecular weight excluding hydrogens is 290 g/mol. The monoisotopic (exact) mass is 305 g/mol. The van der Waals surface area contributed by atoms with Crippen molar-refractivity contribution in [2.75, 3.05) is 20.3 Å². The smallest absolute Gasteiger partial charge is 0.265 e. The van der Waals surface area contributed by atoms with Crippen LogP contribution >= 0.6 is 27.3 Å². The van der Waals surface area contributed by atoms with Crippen molar-refractivity contribution >= 4 is 33.2 Å². The first-order chi connectivity index (χ1) is 7.57. The molecule has 0 spiro atoms. The number of hydrogen-bond acceptors (Lipinski definition) is 3. The van der Waals surface area contributed by atoms with Crippen molar-refractivity contribution in [1.29, 1.82) is 0 Å². The zero-order valence-corrected chi connectivity index (χ0v) is 12.1. The van der Waals surface area contributed by atoms with E-state index in [1.807, 2.05) is 30.2 Å². The summed E-state index contributed by atoms with van der Waals surface area (Å²) in [6.45, 7) is 5.20. The van der Waals surface area contributed by atoms with E-state index in [1.165, 1.54) is 11.3 Å². The van der Waals surface area contributed by atoms with Crippen LogP contribution in [0.4, 0.5) is 0 Å². The molecule has 1 aromatic heterocycles. The van der Waals surface area contributed by atoms with Crippen LogP contribution in [-0.4, -0.2) is 37.1 Å². The van der Waals surface area contributed by atoms with Crippen LogP contribution in [-0.2, 0) is 4.74 Å². The van der Waals surface area contributed by atoms with Gasteiger partial charge in [0, 0.05) is 24.2 Å². The van der Waals surface area contributed by atoms with Crippen LogP contribution < -0.4 is 0 Å². The molecule has 1 aromatic rings. The Morgan fingerprint density at radius 2 is 2.31 bits per heavy atom. The van der Waals surface area contributed by atoms with E-state index in [4.69, 9.17) is 4.74 Å². The average molecular weight is 306 g/mol. The number of thiophene rings is 1. The minimum atomic E-state index is 0.0638. The van der Waals surface area contributed by atoms with Gasteiger partial charge >= 0.3 is 0 Å². The van der Waals surface area contributed by atoms with Crippen molar-refractivity contribution in [2.45, 2.75) is 19.9 Å². The maximum atomic E-state index is 12.2. The fourth-order valence-electron chi connectivity index (χ4n) is 1.36. The van der Waals surface area contributed by atoms with Gasteiger partial charge in [-0.05, 0) is 41.2 Å². The largest absolute Gasteiger partial charge is 0.383 e. The van der Waals surface area contributed by atoms with Crippen LogP contribution in [0.25, 0.3) is 0 Å². The summed E-state index contributed by atoms with van der Waals surface area (Å²) >= 11 is 4.84. The normalized spacial score (nSPS) is 10.8. The van der Waals surface area contributed by atoms with Crippen LogP contribution in [0.3, 0.4) is 0 Å². The van der Waals surface area contributed by atoms with Crippen LogP contribution in [0.2, 0.25) is 0 Å². The van der Waals surface area contributed by atoms with Crippen molar-refractivity contribution in [3.05, 3.63) is 20.8 Å². The summed E-state index contributed by atoms with van der Waals surface area (Å²) in [4.78, 5) is 14.8. The number of methoxy groups -OCH3 is 1. The minimum absolute atomic E-state index is 0.0638. The standard InChI is InChI=1S/C11H16BrNO2S/c1-8(2)13(5-6-15-3)11(14)10-9(12)4-7-16-10/h4,7-8H,5-6H2,1-3H3. The summed E-state index contributed by atoms with van der Waals surface area (Å²) in [6.07, 6.45) is 0. The molecule has 0 N–H and O–H groups in total.